The van der Waals surface area contributed by atoms with E-state index in [0.717, 1.165) is 29.8 Å². The van der Waals surface area contributed by atoms with Gasteiger partial charge in [0.15, 0.2) is 0 Å². The molecule has 0 amide bonds. The number of nitrogens with one attached hydrogen (secondary N) is 1. The zero-order valence-electron chi connectivity index (χ0n) is 16.5. The van der Waals surface area contributed by atoms with Crippen LogP contribution in [0.15, 0.2) is 77.7 Å². The molecule has 6 heteroatoms. The van der Waals surface area contributed by atoms with Crippen LogP contribution in [0.2, 0.25) is 0 Å². The van der Waals surface area contributed by atoms with Gasteiger partial charge in [-0.25, -0.2) is 13.6 Å². The fourth-order valence-corrected chi connectivity index (χ4v) is 3.54. The molecule has 3 N–H and O–H groups in total. The van der Waals surface area contributed by atoms with E-state index in [2.05, 4.69) is 30.4 Å². The molecule has 0 aliphatic rings. The van der Waals surface area contributed by atoms with E-state index in [1.165, 1.54) is 11.1 Å². The van der Waals surface area contributed by atoms with E-state index in [1.54, 1.807) is 24.3 Å². The number of benzene rings is 3. The number of aryl methyl sites for hydroxylation is 1. The summed E-state index contributed by atoms with van der Waals surface area (Å²) in [5.41, 5.74) is 4.55. The smallest absolute Gasteiger partial charge is 0.238 e. The maximum atomic E-state index is 11.3. The first-order valence-electron chi connectivity index (χ1n) is 9.51. The van der Waals surface area contributed by atoms with Crippen molar-refractivity contribution >= 4 is 10.0 Å². The van der Waals surface area contributed by atoms with Crippen LogP contribution in [0, 0.1) is 6.92 Å². The summed E-state index contributed by atoms with van der Waals surface area (Å²) in [4.78, 5) is 0.133. The predicted octanol–water partition coefficient (Wildman–Crippen LogP) is 3.55. The van der Waals surface area contributed by atoms with Crippen molar-refractivity contribution in [1.82, 2.24) is 5.32 Å². The highest BCUT2D eigenvalue weighted by Crippen LogP contribution is 2.20. The second-order valence-corrected chi connectivity index (χ2v) is 8.50. The first-order valence-corrected chi connectivity index (χ1v) is 11.1. The van der Waals surface area contributed by atoms with Gasteiger partial charge in [-0.05, 0) is 54.8 Å². The minimum Gasteiger partial charge on any atom is -0.489 e. The van der Waals surface area contributed by atoms with Crippen LogP contribution in [-0.2, 0) is 29.6 Å². The van der Waals surface area contributed by atoms with Gasteiger partial charge in [0.05, 0.1) is 4.90 Å². The summed E-state index contributed by atoms with van der Waals surface area (Å²) in [6, 6.07) is 22.9. The van der Waals surface area contributed by atoms with E-state index in [1.807, 2.05) is 30.3 Å². The molecular formula is C23H26N2O3S. The van der Waals surface area contributed by atoms with E-state index in [4.69, 9.17) is 9.88 Å². The maximum absolute atomic E-state index is 11.3. The summed E-state index contributed by atoms with van der Waals surface area (Å²) in [6.45, 7) is 4.09. The number of ether oxygens (including phenoxy) is 1. The van der Waals surface area contributed by atoms with Crippen molar-refractivity contribution in [2.75, 3.05) is 6.54 Å². The van der Waals surface area contributed by atoms with Gasteiger partial charge in [-0.1, -0.05) is 54.6 Å². The Morgan fingerprint density at radius 2 is 1.55 bits per heavy atom. The molecule has 3 rings (SSSR count). The molecule has 0 bridgehead atoms. The predicted molar refractivity (Wildman–Crippen MR) is 115 cm³/mol. The monoisotopic (exact) mass is 410 g/mol. The van der Waals surface area contributed by atoms with Crippen LogP contribution in [0.4, 0.5) is 0 Å². The van der Waals surface area contributed by atoms with Crippen LogP contribution >= 0.6 is 0 Å². The second kappa shape index (κ2) is 9.69. The third kappa shape index (κ3) is 6.15. The number of hydrogen-bond acceptors (Lipinski definition) is 4. The van der Waals surface area contributed by atoms with Crippen molar-refractivity contribution in [3.05, 3.63) is 95.1 Å². The Labute approximate surface area is 172 Å². The Morgan fingerprint density at radius 3 is 2.24 bits per heavy atom. The molecule has 0 atom stereocenters. The molecule has 3 aromatic carbocycles. The third-order valence-electron chi connectivity index (χ3n) is 4.77. The highest BCUT2D eigenvalue weighted by atomic mass is 32.2. The Hall–Kier alpha value is -2.67. The van der Waals surface area contributed by atoms with Crippen molar-refractivity contribution in [1.29, 1.82) is 0 Å². The molecule has 0 saturated carbocycles. The summed E-state index contributed by atoms with van der Waals surface area (Å²) in [7, 11) is -3.64. The lowest BCUT2D eigenvalue weighted by molar-refractivity contribution is 0.301. The van der Waals surface area contributed by atoms with Gasteiger partial charge in [-0.3, -0.25) is 0 Å². The molecule has 29 heavy (non-hydrogen) atoms. The summed E-state index contributed by atoms with van der Waals surface area (Å²) in [5, 5.41) is 8.55. The molecule has 0 heterocycles. The van der Waals surface area contributed by atoms with Crippen molar-refractivity contribution < 1.29 is 13.2 Å². The number of sulfonamides is 1. The van der Waals surface area contributed by atoms with Crippen LogP contribution in [0.5, 0.6) is 5.75 Å². The first kappa shape index (κ1) is 21.0. The van der Waals surface area contributed by atoms with E-state index in [-0.39, 0.29) is 4.90 Å². The van der Waals surface area contributed by atoms with Crippen LogP contribution < -0.4 is 15.2 Å². The van der Waals surface area contributed by atoms with Gasteiger partial charge in [0, 0.05) is 12.1 Å². The van der Waals surface area contributed by atoms with Gasteiger partial charge < -0.3 is 10.1 Å². The largest absolute Gasteiger partial charge is 0.489 e. The first-order chi connectivity index (χ1) is 13.9. The molecule has 0 saturated heterocycles. The van der Waals surface area contributed by atoms with E-state index < -0.39 is 10.0 Å². The van der Waals surface area contributed by atoms with Gasteiger partial charge >= 0.3 is 0 Å². The molecule has 0 aliphatic carbocycles. The molecule has 3 aromatic rings. The summed E-state index contributed by atoms with van der Waals surface area (Å²) >= 11 is 0. The normalized spacial score (nSPS) is 11.4. The topological polar surface area (TPSA) is 81.4 Å². The lowest BCUT2D eigenvalue weighted by Gasteiger charge is -2.13. The zero-order chi connectivity index (χ0) is 20.7. The van der Waals surface area contributed by atoms with Crippen molar-refractivity contribution in [3.63, 3.8) is 0 Å². The standard InChI is InChI=1S/C23H26N2O3S/c1-18-6-2-3-8-21(18)17-28-23-9-5-4-7-20(23)16-25-15-14-19-10-12-22(13-11-19)29(24,26)27/h2-13,25H,14-17H2,1H3,(H2,24,26,27). The average Bonchev–Trinajstić information content (AvgIpc) is 2.71. The molecule has 0 aromatic heterocycles. The van der Waals surface area contributed by atoms with E-state index in [0.29, 0.717) is 13.2 Å². The van der Waals surface area contributed by atoms with Gasteiger partial charge in [-0.2, -0.15) is 0 Å². The minimum absolute atomic E-state index is 0.133. The number of para-hydroxylation sites is 1. The Morgan fingerprint density at radius 1 is 0.897 bits per heavy atom. The van der Waals surface area contributed by atoms with Gasteiger partial charge in [-0.15, -0.1) is 0 Å². The molecule has 5 nitrogen and oxygen atoms in total. The van der Waals surface area contributed by atoms with Gasteiger partial charge in [0.25, 0.3) is 0 Å². The average molecular weight is 411 g/mol. The Balaban J connectivity index is 1.51. The summed E-state index contributed by atoms with van der Waals surface area (Å²) in [5.74, 6) is 0.876. The molecule has 0 fully saturated rings. The quantitative estimate of drug-likeness (QED) is 0.529. The lowest BCUT2D eigenvalue weighted by Crippen LogP contribution is -2.17. The molecule has 0 unspecified atom stereocenters. The second-order valence-electron chi connectivity index (χ2n) is 6.94. The molecule has 0 aliphatic heterocycles. The molecule has 0 spiro atoms. The minimum atomic E-state index is -3.64. The van der Waals surface area contributed by atoms with Crippen molar-refractivity contribution in [2.24, 2.45) is 5.14 Å². The summed E-state index contributed by atoms with van der Waals surface area (Å²) < 4.78 is 28.7. The molecule has 152 valence electrons. The SMILES string of the molecule is Cc1ccccc1COc1ccccc1CNCCc1ccc(S(N)(=O)=O)cc1. The Kier molecular flexibility index (Phi) is 7.04. The number of hydrogen-bond donors (Lipinski definition) is 2. The highest BCUT2D eigenvalue weighted by molar-refractivity contribution is 7.89. The van der Waals surface area contributed by atoms with Crippen molar-refractivity contribution in [3.8, 4) is 5.75 Å². The highest BCUT2D eigenvalue weighted by Gasteiger charge is 2.07. The van der Waals surface area contributed by atoms with Crippen molar-refractivity contribution in [2.45, 2.75) is 31.4 Å². The van der Waals surface area contributed by atoms with E-state index >= 15 is 0 Å². The number of primary sulfonamides is 1. The summed E-state index contributed by atoms with van der Waals surface area (Å²) in [6.07, 6.45) is 0.789. The number of nitrogens with two attached hydrogens (primary N) is 1. The third-order valence-corrected chi connectivity index (χ3v) is 5.70. The maximum Gasteiger partial charge on any atom is 0.238 e. The van der Waals surface area contributed by atoms with E-state index in [9.17, 15) is 8.42 Å². The number of rotatable bonds is 9. The molecular weight excluding hydrogens is 384 g/mol. The van der Waals surface area contributed by atoms with Gasteiger partial charge in [0.2, 0.25) is 10.0 Å². The van der Waals surface area contributed by atoms with Crippen LogP contribution in [0.3, 0.4) is 0 Å². The van der Waals surface area contributed by atoms with Crippen LogP contribution in [0.1, 0.15) is 22.3 Å². The fourth-order valence-electron chi connectivity index (χ4n) is 3.02. The fraction of sp³-hybridized carbons (Fsp3) is 0.217. The Bertz CT molecular complexity index is 1050. The lowest BCUT2D eigenvalue weighted by atomic mass is 10.1. The van der Waals surface area contributed by atoms with Crippen LogP contribution in [0.25, 0.3) is 0 Å². The van der Waals surface area contributed by atoms with Gasteiger partial charge in [0.1, 0.15) is 12.4 Å². The molecule has 0 radical (unpaired) electrons. The zero-order valence-corrected chi connectivity index (χ0v) is 17.3. The van der Waals surface area contributed by atoms with Crippen LogP contribution in [-0.4, -0.2) is 15.0 Å².